The number of hydrogen-bond acceptors (Lipinski definition) is 8. The molecule has 56 heavy (non-hydrogen) atoms. The lowest BCUT2D eigenvalue weighted by atomic mass is 10.1. The van der Waals surface area contributed by atoms with Crippen LogP contribution in [0.15, 0.2) is 24.3 Å². The number of allylic oxidation sites excluding steroid dienone is 4. The zero-order valence-electron chi connectivity index (χ0n) is 37.1. The van der Waals surface area contributed by atoms with Crippen LogP contribution in [-0.2, 0) is 32.7 Å². The SMILES string of the molecule is CCCCCCC/C=C\CCCCCCCC(=O)OCC(COP(=O)([O-])OCC[N+](C)(C)C)OC(=O)CCCCCCCCC/C=C\CCCCCCCCC. The Hall–Kier alpha value is -1.51. The Labute approximate surface area is 345 Å². The lowest BCUT2D eigenvalue weighted by Crippen LogP contribution is -2.37. The van der Waals surface area contributed by atoms with Crippen molar-refractivity contribution >= 4 is 19.8 Å². The second-order valence-electron chi connectivity index (χ2n) is 16.8. The first-order valence-electron chi connectivity index (χ1n) is 23.0. The molecule has 0 heterocycles. The van der Waals surface area contributed by atoms with Crippen molar-refractivity contribution in [2.45, 2.75) is 213 Å². The molecule has 0 saturated heterocycles. The van der Waals surface area contributed by atoms with Gasteiger partial charge in [0.05, 0.1) is 27.7 Å². The number of carbonyl (C=O) groups excluding carboxylic acids is 2. The number of nitrogens with zero attached hydrogens (tertiary/aromatic N) is 1. The molecule has 0 amide bonds. The summed E-state index contributed by atoms with van der Waals surface area (Å²) < 4.78 is 33.9. The average Bonchev–Trinajstić information content (AvgIpc) is 3.15. The Balaban J connectivity index is 4.33. The Bertz CT molecular complexity index is 1010. The van der Waals surface area contributed by atoms with Crippen LogP contribution in [0.4, 0.5) is 0 Å². The maximum absolute atomic E-state index is 12.7. The molecule has 0 aliphatic heterocycles. The molecule has 330 valence electrons. The van der Waals surface area contributed by atoms with E-state index in [1.165, 1.54) is 109 Å². The van der Waals surface area contributed by atoms with Crippen LogP contribution in [0, 0.1) is 0 Å². The van der Waals surface area contributed by atoms with Crippen molar-refractivity contribution in [2.75, 3.05) is 47.5 Å². The Morgan fingerprint density at radius 1 is 0.536 bits per heavy atom. The number of unbranched alkanes of at least 4 members (excludes halogenated alkanes) is 24. The minimum atomic E-state index is -4.62. The van der Waals surface area contributed by atoms with Crippen LogP contribution in [0.1, 0.15) is 206 Å². The third-order valence-corrected chi connectivity index (χ3v) is 10.9. The van der Waals surface area contributed by atoms with Crippen LogP contribution < -0.4 is 4.89 Å². The highest BCUT2D eigenvalue weighted by atomic mass is 31.2. The molecule has 0 aliphatic rings. The van der Waals surface area contributed by atoms with E-state index >= 15 is 0 Å². The maximum Gasteiger partial charge on any atom is 0.306 e. The first-order valence-corrected chi connectivity index (χ1v) is 24.5. The maximum atomic E-state index is 12.7. The van der Waals surface area contributed by atoms with E-state index in [1.807, 2.05) is 21.1 Å². The van der Waals surface area contributed by atoms with Gasteiger partial charge in [-0.05, 0) is 64.2 Å². The molecule has 0 bridgehead atoms. The Morgan fingerprint density at radius 3 is 1.32 bits per heavy atom. The van der Waals surface area contributed by atoms with Gasteiger partial charge >= 0.3 is 11.9 Å². The predicted molar refractivity (Wildman–Crippen MR) is 231 cm³/mol. The van der Waals surface area contributed by atoms with Crippen LogP contribution in [0.25, 0.3) is 0 Å². The van der Waals surface area contributed by atoms with Crippen molar-refractivity contribution in [3.63, 3.8) is 0 Å². The van der Waals surface area contributed by atoms with E-state index in [-0.39, 0.29) is 26.1 Å². The van der Waals surface area contributed by atoms with E-state index in [9.17, 15) is 19.0 Å². The van der Waals surface area contributed by atoms with Crippen molar-refractivity contribution in [1.82, 2.24) is 0 Å². The number of phosphoric acid groups is 1. The van der Waals surface area contributed by atoms with E-state index in [4.69, 9.17) is 18.5 Å². The average molecular weight is 814 g/mol. The summed E-state index contributed by atoms with van der Waals surface area (Å²) in [4.78, 5) is 37.5. The molecule has 0 aliphatic carbocycles. The van der Waals surface area contributed by atoms with Gasteiger partial charge < -0.3 is 27.9 Å². The van der Waals surface area contributed by atoms with Crippen molar-refractivity contribution in [2.24, 2.45) is 0 Å². The molecule has 0 rings (SSSR count). The molecule has 0 aromatic rings. The van der Waals surface area contributed by atoms with E-state index in [2.05, 4.69) is 38.2 Å². The fourth-order valence-electron chi connectivity index (χ4n) is 6.29. The zero-order valence-corrected chi connectivity index (χ0v) is 38.0. The number of phosphoric ester groups is 1. The topological polar surface area (TPSA) is 111 Å². The van der Waals surface area contributed by atoms with E-state index < -0.39 is 32.5 Å². The number of rotatable bonds is 42. The summed E-state index contributed by atoms with van der Waals surface area (Å²) in [5, 5.41) is 0. The molecule has 0 spiro atoms. The molecule has 2 unspecified atom stereocenters. The zero-order chi connectivity index (χ0) is 41.4. The van der Waals surface area contributed by atoms with Crippen LogP contribution in [0.3, 0.4) is 0 Å². The monoisotopic (exact) mass is 814 g/mol. The van der Waals surface area contributed by atoms with Gasteiger partial charge in [-0.3, -0.25) is 14.2 Å². The van der Waals surface area contributed by atoms with Crippen molar-refractivity contribution in [3.05, 3.63) is 24.3 Å². The molecular weight excluding hydrogens is 725 g/mol. The van der Waals surface area contributed by atoms with Crippen molar-refractivity contribution in [1.29, 1.82) is 0 Å². The molecule has 2 atom stereocenters. The van der Waals surface area contributed by atoms with Crippen molar-refractivity contribution in [3.8, 4) is 0 Å². The number of quaternary nitrogens is 1. The quantitative estimate of drug-likeness (QED) is 0.0197. The van der Waals surface area contributed by atoms with Gasteiger partial charge in [0.2, 0.25) is 0 Å². The largest absolute Gasteiger partial charge is 0.756 e. The Kier molecular flexibility index (Phi) is 37.9. The minimum absolute atomic E-state index is 0.0317. The van der Waals surface area contributed by atoms with Gasteiger partial charge in [0.1, 0.15) is 19.8 Å². The first kappa shape index (κ1) is 54.5. The number of hydrogen-bond donors (Lipinski definition) is 0. The van der Waals surface area contributed by atoms with Gasteiger partial charge in [-0.25, -0.2) is 0 Å². The number of carbonyl (C=O) groups is 2. The smallest absolute Gasteiger partial charge is 0.306 e. The highest BCUT2D eigenvalue weighted by Gasteiger charge is 2.21. The highest BCUT2D eigenvalue weighted by molar-refractivity contribution is 7.45. The van der Waals surface area contributed by atoms with Gasteiger partial charge in [0.15, 0.2) is 6.10 Å². The molecule has 10 heteroatoms. The third kappa shape index (κ3) is 42.1. The molecule has 0 aromatic carbocycles. The van der Waals surface area contributed by atoms with E-state index in [0.717, 1.165) is 64.2 Å². The summed E-state index contributed by atoms with van der Waals surface area (Å²) >= 11 is 0. The van der Waals surface area contributed by atoms with Gasteiger partial charge in [-0.2, -0.15) is 0 Å². The molecule has 0 aromatic heterocycles. The number of ether oxygens (including phenoxy) is 2. The molecule has 0 N–H and O–H groups in total. The summed E-state index contributed by atoms with van der Waals surface area (Å²) in [6, 6.07) is 0. The lowest BCUT2D eigenvalue weighted by molar-refractivity contribution is -0.870. The predicted octanol–water partition coefficient (Wildman–Crippen LogP) is 12.5. The molecule has 0 radical (unpaired) electrons. The van der Waals surface area contributed by atoms with Crippen molar-refractivity contribution < 1.29 is 42.1 Å². The molecule has 0 fully saturated rings. The molecule has 9 nitrogen and oxygen atoms in total. The summed E-state index contributed by atoms with van der Waals surface area (Å²) in [6.07, 6.45) is 42.0. The second kappa shape index (κ2) is 39.0. The summed E-state index contributed by atoms with van der Waals surface area (Å²) in [7, 11) is 1.16. The van der Waals surface area contributed by atoms with Gasteiger partial charge in [0, 0.05) is 12.8 Å². The summed E-state index contributed by atoms with van der Waals surface area (Å²) in [5.41, 5.74) is 0. The van der Waals surface area contributed by atoms with Gasteiger partial charge in [-0.1, -0.05) is 154 Å². The Morgan fingerprint density at radius 2 is 0.911 bits per heavy atom. The van der Waals surface area contributed by atoms with Gasteiger partial charge in [-0.15, -0.1) is 0 Å². The molecular formula is C46H88NO8P. The van der Waals surface area contributed by atoms with Crippen LogP contribution in [0.5, 0.6) is 0 Å². The summed E-state index contributed by atoms with van der Waals surface area (Å²) in [5.74, 6) is -0.844. The first-order chi connectivity index (χ1) is 27.0. The van der Waals surface area contributed by atoms with Crippen LogP contribution >= 0.6 is 7.82 Å². The fraction of sp³-hybridized carbons (Fsp3) is 0.870. The normalized spacial score (nSPS) is 13.8. The number of esters is 2. The minimum Gasteiger partial charge on any atom is -0.756 e. The number of likely N-dealkylation sites (N-methyl/N-ethyl adjacent to an activating group) is 1. The molecule has 0 saturated carbocycles. The second-order valence-corrected chi connectivity index (χ2v) is 18.2. The van der Waals surface area contributed by atoms with Crippen LogP contribution in [-0.4, -0.2) is 70.0 Å². The van der Waals surface area contributed by atoms with E-state index in [1.54, 1.807) is 0 Å². The summed E-state index contributed by atoms with van der Waals surface area (Å²) in [6.45, 7) is 4.22. The van der Waals surface area contributed by atoms with E-state index in [0.29, 0.717) is 17.4 Å². The van der Waals surface area contributed by atoms with Crippen LogP contribution in [0.2, 0.25) is 0 Å². The van der Waals surface area contributed by atoms with Gasteiger partial charge in [0.25, 0.3) is 7.82 Å². The lowest BCUT2D eigenvalue weighted by Gasteiger charge is -2.28. The highest BCUT2D eigenvalue weighted by Crippen LogP contribution is 2.38. The fourth-order valence-corrected chi connectivity index (χ4v) is 7.02. The third-order valence-electron chi connectivity index (χ3n) is 9.94. The standard InChI is InChI=1S/C46H88NO8P/c1-6-8-10-12-14-16-18-20-22-23-24-25-27-29-31-33-35-37-39-46(49)55-44(43-54-56(50,51)53-41-40-47(3,4)5)42-52-45(48)38-36-34-32-30-28-26-21-19-17-15-13-11-9-7-2/h19,21-23,44H,6-18,20,24-43H2,1-5H3/b21-19-,23-22-.